The molecule has 2 atom stereocenters. The number of nitrogens with one attached hydrogen (secondary N) is 1. The monoisotopic (exact) mass is 329 g/mol. The zero-order chi connectivity index (χ0) is 16.9. The molecule has 0 aliphatic heterocycles. The molecule has 6 heteroatoms. The zero-order valence-electron chi connectivity index (χ0n) is 13.4. The average molecular weight is 330 g/mol. The molecule has 2 unspecified atom stereocenters. The van der Waals surface area contributed by atoms with Crippen LogP contribution in [0.4, 0.5) is 4.79 Å². The van der Waals surface area contributed by atoms with E-state index in [1.54, 1.807) is 39.0 Å². The van der Waals surface area contributed by atoms with Gasteiger partial charge in [0.05, 0.1) is 6.10 Å². The van der Waals surface area contributed by atoms with Gasteiger partial charge in [0.1, 0.15) is 11.7 Å². The van der Waals surface area contributed by atoms with Gasteiger partial charge in [0.2, 0.25) is 0 Å². The lowest BCUT2D eigenvalue weighted by atomic mass is 10.0. The summed E-state index contributed by atoms with van der Waals surface area (Å²) in [6.07, 6.45) is -2.41. The highest BCUT2D eigenvalue weighted by Gasteiger charge is 2.20. The predicted octanol–water partition coefficient (Wildman–Crippen LogP) is 2.96. The number of hydrogen-bond acceptors (Lipinski definition) is 4. The first-order valence-electron chi connectivity index (χ1n) is 7.19. The fourth-order valence-electron chi connectivity index (χ4n) is 1.81. The van der Waals surface area contributed by atoms with Crippen molar-refractivity contribution in [3.05, 3.63) is 34.3 Å². The van der Waals surface area contributed by atoms with Crippen LogP contribution in [0.3, 0.4) is 0 Å². The molecule has 1 amide bonds. The van der Waals surface area contributed by atoms with E-state index in [-0.39, 0.29) is 13.0 Å². The maximum atomic E-state index is 11.5. The number of amides is 1. The van der Waals surface area contributed by atoms with Gasteiger partial charge in [-0.05, 0) is 51.3 Å². The van der Waals surface area contributed by atoms with E-state index in [0.29, 0.717) is 10.6 Å². The van der Waals surface area contributed by atoms with Crippen LogP contribution >= 0.6 is 11.6 Å². The molecule has 0 aromatic heterocycles. The predicted molar refractivity (Wildman–Crippen MR) is 86.0 cm³/mol. The molecule has 22 heavy (non-hydrogen) atoms. The number of halogens is 1. The Morgan fingerprint density at radius 2 is 2.00 bits per heavy atom. The van der Waals surface area contributed by atoms with Crippen molar-refractivity contribution < 1.29 is 19.7 Å². The van der Waals surface area contributed by atoms with E-state index < -0.39 is 23.9 Å². The third-order valence-electron chi connectivity index (χ3n) is 3.01. The highest BCUT2D eigenvalue weighted by Crippen LogP contribution is 2.24. The van der Waals surface area contributed by atoms with Gasteiger partial charge in [-0.15, -0.1) is 0 Å². The Bertz CT molecular complexity index is 513. The van der Waals surface area contributed by atoms with Crippen molar-refractivity contribution in [2.24, 2.45) is 0 Å². The number of alkyl carbamates (subject to hydrolysis) is 1. The maximum absolute atomic E-state index is 11.5. The van der Waals surface area contributed by atoms with Crippen LogP contribution in [-0.4, -0.2) is 34.6 Å². The molecule has 0 saturated heterocycles. The Hall–Kier alpha value is -1.30. The van der Waals surface area contributed by atoms with Gasteiger partial charge in [-0.2, -0.15) is 0 Å². The molecule has 0 heterocycles. The molecule has 0 radical (unpaired) electrons. The van der Waals surface area contributed by atoms with Gasteiger partial charge in [-0.3, -0.25) is 0 Å². The third kappa shape index (κ3) is 6.22. The number of aryl methyl sites for hydroxylation is 1. The SMILES string of the molecule is Cc1ccc(C(O)C(O)CCNC(=O)OC(C)(C)C)cc1Cl. The summed E-state index contributed by atoms with van der Waals surface area (Å²) in [6, 6.07) is 5.13. The number of rotatable bonds is 5. The average Bonchev–Trinajstić information content (AvgIpc) is 2.38. The van der Waals surface area contributed by atoms with Crippen LogP contribution in [0.2, 0.25) is 5.02 Å². The number of carbonyl (C=O) groups excluding carboxylic acids is 1. The van der Waals surface area contributed by atoms with Crippen molar-refractivity contribution in [2.75, 3.05) is 6.54 Å². The second kappa shape index (κ2) is 7.81. The van der Waals surface area contributed by atoms with Gasteiger partial charge in [-0.25, -0.2) is 4.79 Å². The lowest BCUT2D eigenvalue weighted by molar-refractivity contribution is 0.0123. The Kier molecular flexibility index (Phi) is 6.66. The quantitative estimate of drug-likeness (QED) is 0.776. The van der Waals surface area contributed by atoms with E-state index in [2.05, 4.69) is 5.32 Å². The van der Waals surface area contributed by atoms with Crippen molar-refractivity contribution in [1.82, 2.24) is 5.32 Å². The van der Waals surface area contributed by atoms with E-state index in [9.17, 15) is 15.0 Å². The largest absolute Gasteiger partial charge is 0.444 e. The number of hydrogen-bond donors (Lipinski definition) is 3. The fraction of sp³-hybridized carbons (Fsp3) is 0.562. The van der Waals surface area contributed by atoms with Crippen molar-refractivity contribution in [3.63, 3.8) is 0 Å². The van der Waals surface area contributed by atoms with Crippen LogP contribution < -0.4 is 5.32 Å². The van der Waals surface area contributed by atoms with Crippen LogP contribution in [0.5, 0.6) is 0 Å². The molecule has 0 aliphatic rings. The van der Waals surface area contributed by atoms with Gasteiger partial charge in [0.25, 0.3) is 0 Å². The van der Waals surface area contributed by atoms with Crippen LogP contribution in [0.15, 0.2) is 18.2 Å². The molecule has 1 rings (SSSR count). The number of benzene rings is 1. The molecule has 0 bridgehead atoms. The summed E-state index contributed by atoms with van der Waals surface area (Å²) >= 11 is 6.00. The molecule has 0 aliphatic carbocycles. The van der Waals surface area contributed by atoms with Crippen molar-refractivity contribution in [3.8, 4) is 0 Å². The molecular formula is C16H24ClNO4. The number of aliphatic hydroxyl groups is 2. The zero-order valence-corrected chi connectivity index (χ0v) is 14.1. The molecule has 1 aromatic rings. The second-order valence-electron chi connectivity index (χ2n) is 6.24. The van der Waals surface area contributed by atoms with E-state index >= 15 is 0 Å². The number of aliphatic hydroxyl groups excluding tert-OH is 2. The fourth-order valence-corrected chi connectivity index (χ4v) is 2.00. The van der Waals surface area contributed by atoms with E-state index in [1.807, 2.05) is 6.92 Å². The molecule has 0 spiro atoms. The minimum Gasteiger partial charge on any atom is -0.444 e. The summed E-state index contributed by atoms with van der Waals surface area (Å²) in [5.74, 6) is 0. The van der Waals surface area contributed by atoms with Gasteiger partial charge in [0, 0.05) is 11.6 Å². The first kappa shape index (κ1) is 18.7. The first-order chi connectivity index (χ1) is 10.1. The first-order valence-corrected chi connectivity index (χ1v) is 7.57. The van der Waals surface area contributed by atoms with Crippen molar-refractivity contribution in [1.29, 1.82) is 0 Å². The van der Waals surface area contributed by atoms with Crippen molar-refractivity contribution >= 4 is 17.7 Å². The van der Waals surface area contributed by atoms with Crippen molar-refractivity contribution in [2.45, 2.75) is 51.9 Å². The highest BCUT2D eigenvalue weighted by molar-refractivity contribution is 6.31. The Morgan fingerprint density at radius 3 is 2.55 bits per heavy atom. The number of carbonyl (C=O) groups is 1. The maximum Gasteiger partial charge on any atom is 0.407 e. The van der Waals surface area contributed by atoms with Crippen LogP contribution in [0.1, 0.15) is 44.4 Å². The Labute approximate surface area is 136 Å². The Balaban J connectivity index is 2.46. The molecule has 0 fully saturated rings. The minimum absolute atomic E-state index is 0.200. The summed E-state index contributed by atoms with van der Waals surface area (Å²) in [4.78, 5) is 11.5. The summed E-state index contributed by atoms with van der Waals surface area (Å²) < 4.78 is 5.08. The minimum atomic E-state index is -1.06. The molecule has 1 aromatic carbocycles. The molecule has 3 N–H and O–H groups in total. The molecular weight excluding hydrogens is 306 g/mol. The lowest BCUT2D eigenvalue weighted by Gasteiger charge is -2.21. The van der Waals surface area contributed by atoms with Gasteiger partial charge in [-0.1, -0.05) is 23.7 Å². The second-order valence-corrected chi connectivity index (χ2v) is 6.65. The van der Waals surface area contributed by atoms with E-state index in [0.717, 1.165) is 5.56 Å². The normalized spacial score (nSPS) is 14.3. The smallest absolute Gasteiger partial charge is 0.407 e. The molecule has 124 valence electrons. The summed E-state index contributed by atoms with van der Waals surface area (Å²) in [5, 5.41) is 23.2. The van der Waals surface area contributed by atoms with Crippen LogP contribution in [0, 0.1) is 6.92 Å². The topological polar surface area (TPSA) is 78.8 Å². The van der Waals surface area contributed by atoms with Gasteiger partial charge >= 0.3 is 6.09 Å². The summed E-state index contributed by atoms with van der Waals surface area (Å²) in [7, 11) is 0. The summed E-state index contributed by atoms with van der Waals surface area (Å²) in [6.45, 7) is 7.37. The van der Waals surface area contributed by atoms with Gasteiger partial charge < -0.3 is 20.3 Å². The molecule has 5 nitrogen and oxygen atoms in total. The molecule has 0 saturated carbocycles. The van der Waals surface area contributed by atoms with E-state index in [1.165, 1.54) is 0 Å². The standard InChI is InChI=1S/C16H24ClNO4/c1-10-5-6-11(9-12(10)17)14(20)13(19)7-8-18-15(21)22-16(2,3)4/h5-6,9,13-14,19-20H,7-8H2,1-4H3,(H,18,21). The number of ether oxygens (including phenoxy) is 1. The highest BCUT2D eigenvalue weighted by atomic mass is 35.5. The lowest BCUT2D eigenvalue weighted by Crippen LogP contribution is -2.34. The van der Waals surface area contributed by atoms with Crippen LogP contribution in [0.25, 0.3) is 0 Å². The third-order valence-corrected chi connectivity index (χ3v) is 3.42. The van der Waals surface area contributed by atoms with Gasteiger partial charge in [0.15, 0.2) is 0 Å². The summed E-state index contributed by atoms with van der Waals surface area (Å²) in [5.41, 5.74) is 0.875. The van der Waals surface area contributed by atoms with E-state index in [4.69, 9.17) is 16.3 Å². The Morgan fingerprint density at radius 1 is 1.36 bits per heavy atom. The van der Waals surface area contributed by atoms with Crippen LogP contribution in [-0.2, 0) is 4.74 Å².